The number of aromatic nitrogens is 2. The largest absolute Gasteiger partial charge is 0.493 e. The van der Waals surface area contributed by atoms with Gasteiger partial charge in [-0.1, -0.05) is 37.3 Å². The summed E-state index contributed by atoms with van der Waals surface area (Å²) in [6.45, 7) is 8.16. The number of hydrogen-bond acceptors (Lipinski definition) is 7. The quantitative estimate of drug-likeness (QED) is 0.428. The minimum Gasteiger partial charge on any atom is -0.493 e. The first-order valence-electron chi connectivity index (χ1n) is 11.9. The van der Waals surface area contributed by atoms with Gasteiger partial charge in [-0.3, -0.25) is 14.7 Å². The van der Waals surface area contributed by atoms with E-state index in [1.807, 2.05) is 55.8 Å². The van der Waals surface area contributed by atoms with Crippen LogP contribution in [-0.4, -0.2) is 73.9 Å². The third kappa shape index (κ3) is 7.05. The molecule has 1 unspecified atom stereocenters. The summed E-state index contributed by atoms with van der Waals surface area (Å²) in [5, 5.41) is 3.55. The lowest BCUT2D eigenvalue weighted by atomic mass is 10.0. The van der Waals surface area contributed by atoms with Crippen molar-refractivity contribution in [1.82, 2.24) is 19.8 Å². The standard InChI is InChI=1S/C24H30N4O4.C3H8O/c1-6-27(3)15-28-16(2)21(18-13-25-14-20(31-4)22(18)28)23(29)26-19(24(30)32-5)12-17-10-8-7-9-11-17;1-3-4-2/h7-11,13-14,19H,6,12,15H2,1-5H3,(H,26,29);3H2,1-2H3. The molecule has 0 spiro atoms. The normalized spacial score (nSPS) is 11.6. The number of pyridine rings is 1. The van der Waals surface area contributed by atoms with Gasteiger partial charge in [0.05, 0.1) is 38.2 Å². The predicted molar refractivity (Wildman–Crippen MR) is 140 cm³/mol. The lowest BCUT2D eigenvalue weighted by molar-refractivity contribution is -0.142. The fraction of sp³-hybridized carbons (Fsp3) is 0.444. The third-order valence-electron chi connectivity index (χ3n) is 5.92. The van der Waals surface area contributed by atoms with Crippen molar-refractivity contribution in [3.05, 3.63) is 59.5 Å². The molecular formula is C27H38N4O5. The summed E-state index contributed by atoms with van der Waals surface area (Å²) in [4.78, 5) is 32.3. The summed E-state index contributed by atoms with van der Waals surface area (Å²) >= 11 is 0. The molecule has 3 rings (SSSR count). The Hall–Kier alpha value is -3.43. The van der Waals surface area contributed by atoms with E-state index in [-0.39, 0.29) is 5.91 Å². The van der Waals surface area contributed by atoms with Gasteiger partial charge in [-0.05, 0) is 33.0 Å². The summed E-state index contributed by atoms with van der Waals surface area (Å²) in [7, 11) is 6.59. The van der Waals surface area contributed by atoms with Crippen molar-refractivity contribution in [1.29, 1.82) is 0 Å². The molecule has 2 heterocycles. The Morgan fingerprint density at radius 3 is 2.33 bits per heavy atom. The number of carbonyl (C=O) groups excluding carboxylic acids is 2. The van der Waals surface area contributed by atoms with Gasteiger partial charge in [-0.15, -0.1) is 0 Å². The summed E-state index contributed by atoms with van der Waals surface area (Å²) < 4.78 is 17.1. The van der Waals surface area contributed by atoms with E-state index in [4.69, 9.17) is 9.47 Å². The van der Waals surface area contributed by atoms with Gasteiger partial charge in [0.2, 0.25) is 0 Å². The highest BCUT2D eigenvalue weighted by Gasteiger charge is 2.28. The molecule has 0 aliphatic rings. The van der Waals surface area contributed by atoms with Crippen LogP contribution in [0.5, 0.6) is 5.75 Å². The Morgan fingerprint density at radius 2 is 1.78 bits per heavy atom. The summed E-state index contributed by atoms with van der Waals surface area (Å²) in [5.41, 5.74) is 2.96. The van der Waals surface area contributed by atoms with Crippen molar-refractivity contribution in [2.24, 2.45) is 0 Å². The highest BCUT2D eigenvalue weighted by molar-refractivity contribution is 6.10. The van der Waals surface area contributed by atoms with Crippen LogP contribution in [0.3, 0.4) is 0 Å². The summed E-state index contributed by atoms with van der Waals surface area (Å²) in [6.07, 6.45) is 3.63. The number of methoxy groups -OCH3 is 3. The summed E-state index contributed by atoms with van der Waals surface area (Å²) in [5.74, 6) is -0.264. The van der Waals surface area contributed by atoms with Crippen molar-refractivity contribution in [3.63, 3.8) is 0 Å². The van der Waals surface area contributed by atoms with Crippen LogP contribution in [0, 0.1) is 6.92 Å². The molecule has 1 N–H and O–H groups in total. The molecule has 0 fully saturated rings. The fourth-order valence-corrected chi connectivity index (χ4v) is 3.76. The maximum Gasteiger partial charge on any atom is 0.328 e. The smallest absolute Gasteiger partial charge is 0.328 e. The molecule has 196 valence electrons. The van der Waals surface area contributed by atoms with Crippen LogP contribution in [-0.2, 0) is 27.4 Å². The Bertz CT molecular complexity index is 1130. The number of nitrogens with one attached hydrogen (secondary N) is 1. The molecule has 0 saturated heterocycles. The second-order valence-corrected chi connectivity index (χ2v) is 8.26. The van der Waals surface area contributed by atoms with Gasteiger partial charge in [0, 0.05) is 37.4 Å². The fourth-order valence-electron chi connectivity index (χ4n) is 3.76. The molecule has 2 aromatic heterocycles. The van der Waals surface area contributed by atoms with Gasteiger partial charge in [-0.25, -0.2) is 4.79 Å². The summed E-state index contributed by atoms with van der Waals surface area (Å²) in [6, 6.07) is 8.70. The number of nitrogens with zero attached hydrogens (tertiary/aromatic N) is 3. The maximum atomic E-state index is 13.5. The second-order valence-electron chi connectivity index (χ2n) is 8.26. The predicted octanol–water partition coefficient (Wildman–Crippen LogP) is 3.43. The van der Waals surface area contributed by atoms with Crippen molar-refractivity contribution in [2.75, 3.05) is 41.5 Å². The van der Waals surface area contributed by atoms with Crippen molar-refractivity contribution in [2.45, 2.75) is 39.9 Å². The first-order chi connectivity index (χ1) is 17.3. The van der Waals surface area contributed by atoms with E-state index in [2.05, 4.69) is 26.9 Å². The maximum absolute atomic E-state index is 13.5. The average Bonchev–Trinajstić information content (AvgIpc) is 3.19. The lowest BCUT2D eigenvalue weighted by Crippen LogP contribution is -2.43. The number of esters is 1. The van der Waals surface area contributed by atoms with Gasteiger partial charge >= 0.3 is 5.97 Å². The molecule has 0 radical (unpaired) electrons. The van der Waals surface area contributed by atoms with Crippen LogP contribution in [0.2, 0.25) is 0 Å². The van der Waals surface area contributed by atoms with Gasteiger partial charge in [-0.2, -0.15) is 0 Å². The minimum absolute atomic E-state index is 0.330. The van der Waals surface area contributed by atoms with E-state index in [9.17, 15) is 9.59 Å². The zero-order chi connectivity index (χ0) is 26.7. The molecule has 9 heteroatoms. The molecule has 9 nitrogen and oxygen atoms in total. The van der Waals surface area contributed by atoms with E-state index in [0.29, 0.717) is 29.8 Å². The van der Waals surface area contributed by atoms with Crippen LogP contribution in [0.25, 0.3) is 10.9 Å². The Morgan fingerprint density at radius 1 is 1.11 bits per heavy atom. The van der Waals surface area contributed by atoms with Crippen LogP contribution in [0.1, 0.15) is 35.5 Å². The molecular weight excluding hydrogens is 460 g/mol. The zero-order valence-electron chi connectivity index (χ0n) is 22.3. The molecule has 0 aliphatic carbocycles. The Labute approximate surface area is 213 Å². The Kier molecular flexibility index (Phi) is 11.4. The Balaban J connectivity index is 0.00000106. The zero-order valence-corrected chi connectivity index (χ0v) is 22.3. The average molecular weight is 499 g/mol. The van der Waals surface area contributed by atoms with Crippen molar-refractivity contribution in [3.8, 4) is 5.75 Å². The number of benzene rings is 1. The first kappa shape index (κ1) is 28.8. The van der Waals surface area contributed by atoms with Gasteiger partial charge in [0.1, 0.15) is 6.04 Å². The van der Waals surface area contributed by atoms with Crippen molar-refractivity contribution >= 4 is 22.8 Å². The molecule has 1 amide bonds. The van der Waals surface area contributed by atoms with Crippen LogP contribution in [0.15, 0.2) is 42.7 Å². The minimum atomic E-state index is -0.815. The topological polar surface area (TPSA) is 94.9 Å². The molecule has 36 heavy (non-hydrogen) atoms. The highest BCUT2D eigenvalue weighted by Crippen LogP contribution is 2.32. The van der Waals surface area contributed by atoms with E-state index in [0.717, 1.165) is 29.9 Å². The number of fused-ring (bicyclic) bond motifs is 1. The monoisotopic (exact) mass is 498 g/mol. The molecule has 1 aromatic carbocycles. The van der Waals surface area contributed by atoms with Crippen molar-refractivity contribution < 1.29 is 23.8 Å². The number of rotatable bonds is 10. The van der Waals surface area contributed by atoms with E-state index < -0.39 is 12.0 Å². The number of hydrogen-bond donors (Lipinski definition) is 1. The highest BCUT2D eigenvalue weighted by atomic mass is 16.5. The van der Waals surface area contributed by atoms with Crippen LogP contribution >= 0.6 is 0 Å². The van der Waals surface area contributed by atoms with Crippen LogP contribution in [0.4, 0.5) is 0 Å². The number of carbonyl (C=O) groups is 2. The van der Waals surface area contributed by atoms with E-state index in [1.54, 1.807) is 26.6 Å². The lowest BCUT2D eigenvalue weighted by Gasteiger charge is -2.19. The van der Waals surface area contributed by atoms with Crippen LogP contribution < -0.4 is 10.1 Å². The third-order valence-corrected chi connectivity index (χ3v) is 5.92. The molecule has 0 aliphatic heterocycles. The molecule has 3 aromatic rings. The van der Waals surface area contributed by atoms with E-state index in [1.165, 1.54) is 7.11 Å². The van der Waals surface area contributed by atoms with Gasteiger partial charge in [0.15, 0.2) is 5.75 Å². The second kappa shape index (κ2) is 14.2. The first-order valence-corrected chi connectivity index (χ1v) is 11.9. The number of ether oxygens (including phenoxy) is 3. The van der Waals surface area contributed by atoms with Gasteiger partial charge < -0.3 is 24.1 Å². The SMILES string of the molecule is CCN(C)Cn1c(C)c(C(=O)NC(Cc2ccccc2)C(=O)OC)c2cncc(OC)c21.CCOC. The molecule has 0 saturated carbocycles. The molecule has 1 atom stereocenters. The number of amides is 1. The molecule has 0 bridgehead atoms. The van der Waals surface area contributed by atoms with E-state index >= 15 is 0 Å². The van der Waals surface area contributed by atoms with Gasteiger partial charge in [0.25, 0.3) is 5.91 Å².